The highest BCUT2D eigenvalue weighted by Gasteiger charge is 2.06. The molecular formula is C10H11IN2O. The number of rotatable bonds is 4. The first kappa shape index (κ1) is 11.2. The van der Waals surface area contributed by atoms with Crippen LogP contribution in [0.2, 0.25) is 0 Å². The first-order valence-electron chi connectivity index (χ1n) is 4.47. The standard InChI is InChI=1S/C10H11IN2O/c1-2-3-6-14-9-4-5-13-8(7-12)10(9)11/h4-5H,2-3,6H2,1H3. The van der Waals surface area contributed by atoms with Gasteiger partial charge in [-0.05, 0) is 35.1 Å². The van der Waals surface area contributed by atoms with E-state index < -0.39 is 0 Å². The molecule has 0 amide bonds. The Morgan fingerprint density at radius 2 is 2.43 bits per heavy atom. The van der Waals surface area contributed by atoms with Gasteiger partial charge in [0.15, 0.2) is 5.69 Å². The van der Waals surface area contributed by atoms with Crippen molar-refractivity contribution in [1.82, 2.24) is 4.98 Å². The molecule has 1 heterocycles. The van der Waals surface area contributed by atoms with Crippen LogP contribution in [0.4, 0.5) is 0 Å². The zero-order valence-electron chi connectivity index (χ0n) is 7.96. The molecule has 0 aliphatic heterocycles. The Labute approximate surface area is 97.2 Å². The number of ether oxygens (including phenoxy) is 1. The average Bonchev–Trinajstić information content (AvgIpc) is 2.21. The van der Waals surface area contributed by atoms with Gasteiger partial charge in [0.1, 0.15) is 11.8 Å². The first-order chi connectivity index (χ1) is 6.79. The maximum absolute atomic E-state index is 8.74. The molecule has 0 radical (unpaired) electrons. The van der Waals surface area contributed by atoms with Gasteiger partial charge in [-0.1, -0.05) is 13.3 Å². The lowest BCUT2D eigenvalue weighted by Gasteiger charge is -2.07. The van der Waals surface area contributed by atoms with Gasteiger partial charge in [0, 0.05) is 6.20 Å². The number of nitriles is 1. The van der Waals surface area contributed by atoms with Crippen LogP contribution < -0.4 is 4.74 Å². The number of unbranched alkanes of at least 4 members (excludes halogenated alkanes) is 1. The summed E-state index contributed by atoms with van der Waals surface area (Å²) in [5, 5.41) is 8.74. The molecule has 0 atom stereocenters. The topological polar surface area (TPSA) is 45.9 Å². The molecule has 74 valence electrons. The minimum atomic E-state index is 0.430. The largest absolute Gasteiger partial charge is 0.492 e. The quantitative estimate of drug-likeness (QED) is 0.634. The van der Waals surface area contributed by atoms with Gasteiger partial charge < -0.3 is 4.74 Å². The highest BCUT2D eigenvalue weighted by atomic mass is 127. The summed E-state index contributed by atoms with van der Waals surface area (Å²) in [6.45, 7) is 2.81. The monoisotopic (exact) mass is 302 g/mol. The Hall–Kier alpha value is -0.830. The maximum atomic E-state index is 8.74. The van der Waals surface area contributed by atoms with E-state index in [9.17, 15) is 0 Å². The molecule has 1 aromatic rings. The summed E-state index contributed by atoms with van der Waals surface area (Å²) in [5.41, 5.74) is 0.430. The summed E-state index contributed by atoms with van der Waals surface area (Å²) in [6, 6.07) is 3.82. The van der Waals surface area contributed by atoms with E-state index in [-0.39, 0.29) is 0 Å². The fourth-order valence-corrected chi connectivity index (χ4v) is 1.54. The van der Waals surface area contributed by atoms with Crippen molar-refractivity contribution in [2.75, 3.05) is 6.61 Å². The predicted molar refractivity (Wildman–Crippen MR) is 62.1 cm³/mol. The highest BCUT2D eigenvalue weighted by molar-refractivity contribution is 14.1. The smallest absolute Gasteiger partial charge is 0.157 e. The molecule has 0 bridgehead atoms. The normalized spacial score (nSPS) is 9.50. The van der Waals surface area contributed by atoms with E-state index in [1.807, 2.05) is 6.07 Å². The van der Waals surface area contributed by atoms with Crippen LogP contribution >= 0.6 is 22.6 Å². The lowest BCUT2D eigenvalue weighted by atomic mass is 10.3. The van der Waals surface area contributed by atoms with Crippen LogP contribution in [0.25, 0.3) is 0 Å². The fraction of sp³-hybridized carbons (Fsp3) is 0.400. The van der Waals surface area contributed by atoms with Gasteiger partial charge in [-0.25, -0.2) is 4.98 Å². The Bertz CT molecular complexity index is 346. The van der Waals surface area contributed by atoms with Gasteiger partial charge in [-0.3, -0.25) is 0 Å². The van der Waals surface area contributed by atoms with Crippen LogP contribution in [-0.2, 0) is 0 Å². The van der Waals surface area contributed by atoms with Crippen LogP contribution in [-0.4, -0.2) is 11.6 Å². The van der Waals surface area contributed by atoms with Crippen LogP contribution in [0, 0.1) is 14.9 Å². The molecule has 0 unspecified atom stereocenters. The Kier molecular flexibility index (Phi) is 4.66. The molecule has 1 aromatic heterocycles. The lowest BCUT2D eigenvalue weighted by molar-refractivity contribution is 0.307. The Morgan fingerprint density at radius 3 is 3.07 bits per heavy atom. The van der Waals surface area contributed by atoms with Crippen molar-refractivity contribution in [2.24, 2.45) is 0 Å². The number of pyridine rings is 1. The molecule has 3 nitrogen and oxygen atoms in total. The van der Waals surface area contributed by atoms with Gasteiger partial charge >= 0.3 is 0 Å². The van der Waals surface area contributed by atoms with Gasteiger partial charge in [0.25, 0.3) is 0 Å². The van der Waals surface area contributed by atoms with Gasteiger partial charge in [-0.2, -0.15) is 5.26 Å². The van der Waals surface area contributed by atoms with E-state index in [2.05, 4.69) is 34.5 Å². The molecule has 4 heteroatoms. The minimum absolute atomic E-state index is 0.430. The van der Waals surface area contributed by atoms with Crippen LogP contribution in [0.1, 0.15) is 25.5 Å². The molecule has 14 heavy (non-hydrogen) atoms. The van der Waals surface area contributed by atoms with Crippen LogP contribution in [0.5, 0.6) is 5.75 Å². The third kappa shape index (κ3) is 2.84. The van der Waals surface area contributed by atoms with Crippen LogP contribution in [0.3, 0.4) is 0 Å². The van der Waals surface area contributed by atoms with Crippen LogP contribution in [0.15, 0.2) is 12.3 Å². The summed E-state index contributed by atoms with van der Waals surface area (Å²) < 4.78 is 6.32. The van der Waals surface area contributed by atoms with Crippen molar-refractivity contribution in [1.29, 1.82) is 5.26 Å². The van der Waals surface area contributed by atoms with Crippen molar-refractivity contribution in [3.8, 4) is 11.8 Å². The number of nitrogens with zero attached hydrogens (tertiary/aromatic N) is 2. The maximum Gasteiger partial charge on any atom is 0.157 e. The summed E-state index contributed by atoms with van der Waals surface area (Å²) in [6.07, 6.45) is 3.73. The third-order valence-corrected chi connectivity index (χ3v) is 2.76. The summed E-state index contributed by atoms with van der Waals surface area (Å²) in [4.78, 5) is 3.94. The lowest BCUT2D eigenvalue weighted by Crippen LogP contribution is -2.00. The van der Waals surface area contributed by atoms with Crippen molar-refractivity contribution in [2.45, 2.75) is 19.8 Å². The van der Waals surface area contributed by atoms with Crippen molar-refractivity contribution < 1.29 is 4.74 Å². The number of hydrogen-bond donors (Lipinski definition) is 0. The molecule has 0 aromatic carbocycles. The van der Waals surface area contributed by atoms with E-state index in [1.165, 1.54) is 0 Å². The Morgan fingerprint density at radius 1 is 1.64 bits per heavy atom. The summed E-state index contributed by atoms with van der Waals surface area (Å²) in [7, 11) is 0. The second kappa shape index (κ2) is 5.81. The molecule has 0 spiro atoms. The average molecular weight is 302 g/mol. The number of halogens is 1. The Balaban J connectivity index is 2.73. The molecule has 0 fully saturated rings. The zero-order valence-corrected chi connectivity index (χ0v) is 10.1. The van der Waals surface area contributed by atoms with Crippen molar-refractivity contribution in [3.63, 3.8) is 0 Å². The minimum Gasteiger partial charge on any atom is -0.492 e. The van der Waals surface area contributed by atoms with Gasteiger partial charge in [0.2, 0.25) is 0 Å². The van der Waals surface area contributed by atoms with Gasteiger partial charge in [0.05, 0.1) is 10.2 Å². The molecule has 0 saturated heterocycles. The molecule has 1 rings (SSSR count). The summed E-state index contributed by atoms with van der Waals surface area (Å²) in [5.74, 6) is 0.755. The van der Waals surface area contributed by atoms with Crippen molar-refractivity contribution in [3.05, 3.63) is 21.5 Å². The SMILES string of the molecule is CCCCOc1ccnc(C#N)c1I. The summed E-state index contributed by atoms with van der Waals surface area (Å²) >= 11 is 2.08. The van der Waals surface area contributed by atoms with Gasteiger partial charge in [-0.15, -0.1) is 0 Å². The molecule has 0 saturated carbocycles. The molecule has 0 aliphatic carbocycles. The van der Waals surface area contributed by atoms with E-state index >= 15 is 0 Å². The highest BCUT2D eigenvalue weighted by Crippen LogP contribution is 2.22. The predicted octanol–water partition coefficient (Wildman–Crippen LogP) is 2.74. The second-order valence-electron chi connectivity index (χ2n) is 2.79. The second-order valence-corrected chi connectivity index (χ2v) is 3.86. The van der Waals surface area contributed by atoms with E-state index in [0.717, 1.165) is 22.2 Å². The fourth-order valence-electron chi connectivity index (χ4n) is 0.942. The molecule has 0 aliphatic rings. The molecule has 0 N–H and O–H groups in total. The van der Waals surface area contributed by atoms with E-state index in [4.69, 9.17) is 10.00 Å². The van der Waals surface area contributed by atoms with E-state index in [1.54, 1.807) is 12.3 Å². The third-order valence-electron chi connectivity index (χ3n) is 1.72. The van der Waals surface area contributed by atoms with Crippen molar-refractivity contribution >= 4 is 22.6 Å². The molecular weight excluding hydrogens is 291 g/mol. The number of hydrogen-bond acceptors (Lipinski definition) is 3. The number of aromatic nitrogens is 1. The zero-order chi connectivity index (χ0) is 10.4. The first-order valence-corrected chi connectivity index (χ1v) is 5.55. The van der Waals surface area contributed by atoms with E-state index in [0.29, 0.717) is 12.3 Å².